The molecule has 0 saturated carbocycles. The third kappa shape index (κ3) is 3.70. The van der Waals surface area contributed by atoms with Gasteiger partial charge in [0.15, 0.2) is 0 Å². The van der Waals surface area contributed by atoms with Crippen molar-refractivity contribution in [3.8, 4) is 0 Å². The second-order valence-corrected chi connectivity index (χ2v) is 5.42. The molecule has 2 rings (SSSR count). The van der Waals surface area contributed by atoms with Crippen molar-refractivity contribution < 1.29 is 15.0 Å². The van der Waals surface area contributed by atoms with Crippen molar-refractivity contribution in [1.82, 2.24) is 4.98 Å². The van der Waals surface area contributed by atoms with Gasteiger partial charge in [0, 0.05) is 12.2 Å². The van der Waals surface area contributed by atoms with E-state index in [1.54, 1.807) is 13.0 Å². The number of fused-ring (bicyclic) bond motifs is 1. The lowest BCUT2D eigenvalue weighted by Crippen LogP contribution is -2.15. The summed E-state index contributed by atoms with van der Waals surface area (Å²) in [4.78, 5) is 15.8. The maximum Gasteiger partial charge on any atom is 0.339 e. The molecule has 1 aromatic rings. The van der Waals surface area contributed by atoms with Crippen LogP contribution >= 0.6 is 0 Å². The Labute approximate surface area is 119 Å². The van der Waals surface area contributed by atoms with E-state index in [0.717, 1.165) is 43.4 Å². The number of carbonyl (C=O) groups is 1. The van der Waals surface area contributed by atoms with Crippen LogP contribution < -0.4 is 5.32 Å². The Morgan fingerprint density at radius 2 is 2.20 bits per heavy atom. The van der Waals surface area contributed by atoms with Crippen LogP contribution in [0.3, 0.4) is 0 Å². The number of hydrogen-bond acceptors (Lipinski definition) is 4. The van der Waals surface area contributed by atoms with Crippen molar-refractivity contribution in [2.24, 2.45) is 0 Å². The third-order valence-electron chi connectivity index (χ3n) is 3.62. The van der Waals surface area contributed by atoms with Gasteiger partial charge in [-0.15, -0.1) is 0 Å². The first-order valence-electron chi connectivity index (χ1n) is 7.26. The average Bonchev–Trinajstić information content (AvgIpc) is 2.42. The van der Waals surface area contributed by atoms with E-state index in [1.165, 1.54) is 0 Å². The molecular weight excluding hydrogens is 256 g/mol. The van der Waals surface area contributed by atoms with Gasteiger partial charge < -0.3 is 15.5 Å². The number of aliphatic hydroxyl groups is 1. The molecule has 5 heteroatoms. The third-order valence-corrected chi connectivity index (χ3v) is 3.62. The minimum atomic E-state index is -0.941. The van der Waals surface area contributed by atoms with Gasteiger partial charge in [0.1, 0.15) is 11.4 Å². The molecule has 0 aliphatic heterocycles. The molecule has 20 heavy (non-hydrogen) atoms. The Kier molecular flexibility index (Phi) is 4.95. The normalized spacial score (nSPS) is 15.5. The highest BCUT2D eigenvalue weighted by Crippen LogP contribution is 2.24. The number of carboxylic acid groups (broad SMARTS) is 1. The van der Waals surface area contributed by atoms with E-state index in [9.17, 15) is 15.0 Å². The Balaban J connectivity index is 2.11. The maximum atomic E-state index is 11.3. The molecule has 1 heterocycles. The summed E-state index contributed by atoms with van der Waals surface area (Å²) in [6, 6.07) is 1.76. The van der Waals surface area contributed by atoms with E-state index in [0.29, 0.717) is 18.8 Å². The van der Waals surface area contributed by atoms with Gasteiger partial charge in [0.25, 0.3) is 0 Å². The molecule has 1 atom stereocenters. The van der Waals surface area contributed by atoms with Gasteiger partial charge in [0.2, 0.25) is 0 Å². The van der Waals surface area contributed by atoms with Crippen LogP contribution in [-0.2, 0) is 12.8 Å². The van der Waals surface area contributed by atoms with Crippen LogP contribution in [0.15, 0.2) is 6.07 Å². The smallest absolute Gasteiger partial charge is 0.339 e. The number of aromatic nitrogens is 1. The number of carboxylic acids is 1. The molecule has 0 bridgehead atoms. The summed E-state index contributed by atoms with van der Waals surface area (Å²) in [6.45, 7) is 2.37. The van der Waals surface area contributed by atoms with Gasteiger partial charge in [-0.25, -0.2) is 9.78 Å². The highest BCUT2D eigenvalue weighted by molar-refractivity contribution is 5.93. The van der Waals surface area contributed by atoms with E-state index in [2.05, 4.69) is 10.3 Å². The molecule has 0 amide bonds. The zero-order chi connectivity index (χ0) is 14.5. The summed E-state index contributed by atoms with van der Waals surface area (Å²) in [5.41, 5.74) is 2.35. The van der Waals surface area contributed by atoms with Crippen molar-refractivity contribution >= 4 is 11.8 Å². The van der Waals surface area contributed by atoms with E-state index in [-0.39, 0.29) is 11.7 Å². The SMILES string of the molecule is CC(O)CCCNc1nc2c(cc1C(=O)O)CCCC2. The number of rotatable bonds is 6. The molecule has 0 spiro atoms. The fourth-order valence-electron chi connectivity index (χ4n) is 2.54. The van der Waals surface area contributed by atoms with Crippen LogP contribution in [0.5, 0.6) is 0 Å². The molecule has 1 unspecified atom stereocenters. The predicted molar refractivity (Wildman–Crippen MR) is 77.2 cm³/mol. The summed E-state index contributed by atoms with van der Waals surface area (Å²) < 4.78 is 0. The van der Waals surface area contributed by atoms with Gasteiger partial charge in [-0.3, -0.25) is 0 Å². The van der Waals surface area contributed by atoms with Crippen molar-refractivity contribution in [3.05, 3.63) is 22.9 Å². The molecule has 3 N–H and O–H groups in total. The lowest BCUT2D eigenvalue weighted by atomic mass is 9.94. The first-order chi connectivity index (χ1) is 9.58. The van der Waals surface area contributed by atoms with E-state index in [4.69, 9.17) is 0 Å². The fourth-order valence-corrected chi connectivity index (χ4v) is 2.54. The summed E-state index contributed by atoms with van der Waals surface area (Å²) in [6.07, 6.45) is 5.23. The van der Waals surface area contributed by atoms with Gasteiger partial charge in [0.05, 0.1) is 6.10 Å². The lowest BCUT2D eigenvalue weighted by Gasteiger charge is -2.18. The van der Waals surface area contributed by atoms with Crippen LogP contribution in [0.25, 0.3) is 0 Å². The van der Waals surface area contributed by atoms with E-state index in [1.807, 2.05) is 0 Å². The molecule has 0 aromatic carbocycles. The first kappa shape index (κ1) is 14.8. The summed E-state index contributed by atoms with van der Waals surface area (Å²) in [7, 11) is 0. The molecule has 1 aliphatic rings. The van der Waals surface area contributed by atoms with E-state index < -0.39 is 5.97 Å². The first-order valence-corrected chi connectivity index (χ1v) is 7.26. The number of aromatic carboxylic acids is 1. The van der Waals surface area contributed by atoms with E-state index >= 15 is 0 Å². The summed E-state index contributed by atoms with van der Waals surface area (Å²) in [5.74, 6) is -0.479. The lowest BCUT2D eigenvalue weighted by molar-refractivity contribution is 0.0697. The molecule has 0 radical (unpaired) electrons. The molecule has 0 fully saturated rings. The highest BCUT2D eigenvalue weighted by Gasteiger charge is 2.18. The number of aliphatic hydroxyl groups excluding tert-OH is 1. The predicted octanol–water partition coefficient (Wildman–Crippen LogP) is 2.23. The summed E-state index contributed by atoms with van der Waals surface area (Å²) in [5, 5.41) is 21.6. The second kappa shape index (κ2) is 6.70. The van der Waals surface area contributed by atoms with Gasteiger partial charge >= 0.3 is 5.97 Å². The quantitative estimate of drug-likeness (QED) is 0.695. The Hall–Kier alpha value is -1.62. The maximum absolute atomic E-state index is 11.3. The van der Waals surface area contributed by atoms with Crippen molar-refractivity contribution in [1.29, 1.82) is 0 Å². The molecule has 110 valence electrons. The number of nitrogens with one attached hydrogen (secondary N) is 1. The second-order valence-electron chi connectivity index (χ2n) is 5.42. The van der Waals surface area contributed by atoms with Crippen molar-refractivity contribution in [2.75, 3.05) is 11.9 Å². The Morgan fingerprint density at radius 3 is 2.90 bits per heavy atom. The molecule has 5 nitrogen and oxygen atoms in total. The molecular formula is C15H22N2O3. The standard InChI is InChI=1S/C15H22N2O3/c1-10(18)5-4-8-16-14-12(15(19)20)9-11-6-2-3-7-13(11)17-14/h9-10,18H,2-8H2,1H3,(H,16,17)(H,19,20). The average molecular weight is 278 g/mol. The minimum Gasteiger partial charge on any atom is -0.478 e. The fraction of sp³-hybridized carbons (Fsp3) is 0.600. The summed E-state index contributed by atoms with van der Waals surface area (Å²) >= 11 is 0. The van der Waals surface area contributed by atoms with Crippen LogP contribution in [0.4, 0.5) is 5.82 Å². The number of aryl methyl sites for hydroxylation is 2. The Bertz CT molecular complexity index is 486. The Morgan fingerprint density at radius 1 is 1.45 bits per heavy atom. The van der Waals surface area contributed by atoms with Gasteiger partial charge in [-0.1, -0.05) is 0 Å². The number of anilines is 1. The van der Waals surface area contributed by atoms with Crippen LogP contribution in [0.2, 0.25) is 0 Å². The van der Waals surface area contributed by atoms with Gasteiger partial charge in [-0.2, -0.15) is 0 Å². The zero-order valence-electron chi connectivity index (χ0n) is 11.9. The molecule has 0 saturated heterocycles. The zero-order valence-corrected chi connectivity index (χ0v) is 11.9. The van der Waals surface area contributed by atoms with Crippen LogP contribution in [0, 0.1) is 0 Å². The van der Waals surface area contributed by atoms with Crippen molar-refractivity contribution in [3.63, 3.8) is 0 Å². The molecule has 1 aromatic heterocycles. The van der Waals surface area contributed by atoms with Crippen LogP contribution in [-0.4, -0.2) is 33.8 Å². The van der Waals surface area contributed by atoms with Crippen LogP contribution in [0.1, 0.15) is 54.2 Å². The topological polar surface area (TPSA) is 82.5 Å². The monoisotopic (exact) mass is 278 g/mol. The largest absolute Gasteiger partial charge is 0.478 e. The number of hydrogen-bond donors (Lipinski definition) is 3. The molecule has 1 aliphatic carbocycles. The highest BCUT2D eigenvalue weighted by atomic mass is 16.4. The number of pyridine rings is 1. The van der Waals surface area contributed by atoms with Crippen molar-refractivity contribution in [2.45, 2.75) is 51.6 Å². The van der Waals surface area contributed by atoms with Gasteiger partial charge in [-0.05, 0) is 57.1 Å². The minimum absolute atomic E-state index is 0.252. The number of nitrogens with zero attached hydrogens (tertiary/aromatic N) is 1.